The number of hydrogen-bond acceptors (Lipinski definition) is 5. The SMILES string of the molecule is C/C=C1/CN2CCC3=C([NH2+]c4ccccc43)[C@@H]2C[C@@H]1[C@H](Cc1cn2c(c3nc4ccccc4c1-3)C[C@H](CCO)[C@@H](CC)C2)C(=O)OC. The highest BCUT2D eigenvalue weighted by atomic mass is 16.5. The van der Waals surface area contributed by atoms with Crippen molar-refractivity contribution in [3.05, 3.63) is 88.9 Å². The number of nitrogens with zero attached hydrogens (tertiary/aromatic N) is 3. The lowest BCUT2D eigenvalue weighted by molar-refractivity contribution is -0.520. The number of para-hydroxylation sites is 2. The average molecular weight is 632 g/mol. The molecule has 1 fully saturated rings. The molecule has 0 amide bonds. The van der Waals surface area contributed by atoms with Gasteiger partial charge in [-0.15, -0.1) is 0 Å². The first-order chi connectivity index (χ1) is 23.0. The second-order valence-electron chi connectivity index (χ2n) is 14.2. The second kappa shape index (κ2) is 12.3. The number of esters is 1. The second-order valence-corrected chi connectivity index (χ2v) is 14.2. The van der Waals surface area contributed by atoms with Crippen molar-refractivity contribution in [2.24, 2.45) is 23.7 Å². The molecule has 2 aromatic rings. The van der Waals surface area contributed by atoms with Gasteiger partial charge in [0.05, 0.1) is 30.3 Å². The Morgan fingerprint density at radius 2 is 2.00 bits per heavy atom. The van der Waals surface area contributed by atoms with Crippen LogP contribution in [0.25, 0.3) is 27.7 Å². The van der Waals surface area contributed by atoms with Crippen LogP contribution in [0.5, 0.6) is 0 Å². The van der Waals surface area contributed by atoms with Crippen molar-refractivity contribution in [2.75, 3.05) is 26.8 Å². The van der Waals surface area contributed by atoms with E-state index >= 15 is 0 Å². The van der Waals surface area contributed by atoms with Gasteiger partial charge in [0.15, 0.2) is 0 Å². The minimum atomic E-state index is -0.300. The van der Waals surface area contributed by atoms with Crippen LogP contribution < -0.4 is 5.32 Å². The number of carbonyl (C=O) groups is 1. The number of fused-ring (bicyclic) bond motifs is 9. The molecule has 0 aliphatic carbocycles. The third-order valence-corrected chi connectivity index (χ3v) is 12.0. The van der Waals surface area contributed by atoms with Gasteiger partial charge in [0.25, 0.3) is 0 Å². The summed E-state index contributed by atoms with van der Waals surface area (Å²) in [6, 6.07) is 17.5. The molecular weight excluding hydrogens is 584 g/mol. The molecule has 0 radical (unpaired) electrons. The number of aromatic nitrogens is 2. The molecule has 0 spiro atoms. The molecule has 0 unspecified atom stereocenters. The van der Waals surface area contributed by atoms with Crippen molar-refractivity contribution in [3.8, 4) is 11.3 Å². The van der Waals surface area contributed by atoms with E-state index in [1.807, 2.05) is 0 Å². The first-order valence-corrected chi connectivity index (χ1v) is 17.7. The highest BCUT2D eigenvalue weighted by molar-refractivity contribution is 5.99. The number of piperidine rings is 1. The van der Waals surface area contributed by atoms with Gasteiger partial charge in [0, 0.05) is 66.3 Å². The fourth-order valence-electron chi connectivity index (χ4n) is 9.61. The summed E-state index contributed by atoms with van der Waals surface area (Å²) in [5.74, 6) is 0.606. The van der Waals surface area contributed by atoms with Crippen LogP contribution in [0.4, 0.5) is 5.69 Å². The number of methoxy groups -OCH3 is 1. The van der Waals surface area contributed by atoms with Crippen molar-refractivity contribution in [1.82, 2.24) is 14.5 Å². The van der Waals surface area contributed by atoms with E-state index in [1.165, 1.54) is 44.9 Å². The predicted octanol–water partition coefficient (Wildman–Crippen LogP) is 5.71. The average Bonchev–Trinajstić information content (AvgIpc) is 3.69. The number of benzene rings is 2. The molecular formula is C40H47N4O3+. The Morgan fingerprint density at radius 3 is 2.81 bits per heavy atom. The normalized spacial score (nSPS) is 25.5. The molecule has 6 aliphatic heterocycles. The highest BCUT2D eigenvalue weighted by Gasteiger charge is 2.46. The van der Waals surface area contributed by atoms with E-state index in [0.29, 0.717) is 24.3 Å². The van der Waals surface area contributed by atoms with E-state index in [0.717, 1.165) is 68.3 Å². The molecule has 2 aromatic carbocycles. The molecule has 8 rings (SSSR count). The third-order valence-electron chi connectivity index (χ3n) is 12.0. The Balaban J connectivity index is 1.20. The number of ether oxygens (including phenoxy) is 1. The molecule has 3 N–H and O–H groups in total. The number of allylic oxidation sites excluding steroid dienone is 1. The third kappa shape index (κ3) is 5.06. The number of aliphatic hydroxyl groups is 1. The van der Waals surface area contributed by atoms with E-state index in [1.54, 1.807) is 7.11 Å². The summed E-state index contributed by atoms with van der Waals surface area (Å²) in [6.07, 6.45) is 10.0. The lowest BCUT2D eigenvalue weighted by atomic mass is 9.72. The van der Waals surface area contributed by atoms with Crippen molar-refractivity contribution in [2.45, 2.75) is 65.0 Å². The highest BCUT2D eigenvalue weighted by Crippen LogP contribution is 2.46. The van der Waals surface area contributed by atoms with Crippen molar-refractivity contribution >= 4 is 28.1 Å². The van der Waals surface area contributed by atoms with Gasteiger partial charge in [0.2, 0.25) is 0 Å². The molecule has 47 heavy (non-hydrogen) atoms. The Kier molecular flexibility index (Phi) is 8.03. The lowest BCUT2D eigenvalue weighted by Crippen LogP contribution is -2.78. The zero-order chi connectivity index (χ0) is 32.2. The summed E-state index contributed by atoms with van der Waals surface area (Å²) in [6.45, 7) is 7.47. The summed E-state index contributed by atoms with van der Waals surface area (Å²) in [5.41, 5.74) is 12.7. The predicted molar refractivity (Wildman–Crippen MR) is 185 cm³/mol. The molecule has 0 saturated carbocycles. The zero-order valence-corrected chi connectivity index (χ0v) is 27.9. The Hall–Kier alpha value is -3.78. The molecule has 6 heterocycles. The Bertz CT molecular complexity index is 1870. The van der Waals surface area contributed by atoms with Crippen LogP contribution in [0.2, 0.25) is 0 Å². The van der Waals surface area contributed by atoms with Gasteiger partial charge in [0.1, 0.15) is 11.4 Å². The van der Waals surface area contributed by atoms with Gasteiger partial charge < -0.3 is 14.4 Å². The number of nitrogens with two attached hydrogens (primary N) is 1. The van der Waals surface area contributed by atoms with Crippen LogP contribution in [0, 0.1) is 23.7 Å². The van der Waals surface area contributed by atoms with E-state index in [9.17, 15) is 9.90 Å². The minimum absolute atomic E-state index is 0.0836. The fraction of sp³-hybridized carbons (Fsp3) is 0.450. The first kappa shape index (κ1) is 30.5. The van der Waals surface area contributed by atoms with Crippen molar-refractivity contribution in [1.29, 1.82) is 0 Å². The van der Waals surface area contributed by atoms with Gasteiger partial charge in [-0.3, -0.25) is 15.0 Å². The molecule has 7 nitrogen and oxygen atoms in total. The number of hydrogen-bond donors (Lipinski definition) is 2. The number of rotatable bonds is 7. The zero-order valence-electron chi connectivity index (χ0n) is 27.9. The summed E-state index contributed by atoms with van der Waals surface area (Å²) < 4.78 is 8.06. The standard InChI is InChI=1S/C40H46N4O3/c1-4-24-21-44-23-27(37-30-11-7-9-13-34(30)42-39(37)35(44)19-26(24)15-17-45)18-32(40(46)47-3)31-20-36-38-29(14-16-43(36)22-25(31)5-2)28-10-6-8-12-33(28)41-38/h5-13,23-24,26,31-32,36,41,45H,4,14-22H2,1-3H3/p+1/b25-5-/t24-,26-,31-,32-,36-/m0/s1. The summed E-state index contributed by atoms with van der Waals surface area (Å²) in [7, 11) is 1.55. The van der Waals surface area contributed by atoms with Gasteiger partial charge in [-0.1, -0.05) is 55.3 Å². The van der Waals surface area contributed by atoms with E-state index < -0.39 is 0 Å². The number of quaternary nitrogens is 1. The molecule has 0 bridgehead atoms. The van der Waals surface area contributed by atoms with Gasteiger partial charge in [-0.25, -0.2) is 4.98 Å². The summed E-state index contributed by atoms with van der Waals surface area (Å²) in [5, 5.41) is 13.4. The number of carbonyl (C=O) groups excluding carboxylic acids is 1. The largest absolute Gasteiger partial charge is 0.469 e. The van der Waals surface area contributed by atoms with E-state index in [4.69, 9.17) is 9.72 Å². The van der Waals surface area contributed by atoms with E-state index in [-0.39, 0.29) is 24.4 Å². The van der Waals surface area contributed by atoms with Crippen LogP contribution in [-0.4, -0.2) is 58.4 Å². The molecule has 244 valence electrons. The number of pyridine rings is 1. The number of aliphatic hydroxyl groups excluding tert-OH is 1. The maximum absolute atomic E-state index is 14.0. The van der Waals surface area contributed by atoms with Crippen molar-refractivity contribution < 1.29 is 20.0 Å². The van der Waals surface area contributed by atoms with Crippen LogP contribution in [0.3, 0.4) is 0 Å². The summed E-state index contributed by atoms with van der Waals surface area (Å²) >= 11 is 0. The van der Waals surface area contributed by atoms with Crippen LogP contribution >= 0.6 is 0 Å². The maximum atomic E-state index is 14.0. The molecule has 6 aliphatic rings. The Labute approximate surface area is 277 Å². The molecule has 5 atom stereocenters. The molecule has 7 heteroatoms. The first-order valence-electron chi connectivity index (χ1n) is 17.7. The van der Waals surface area contributed by atoms with Crippen LogP contribution in [0.15, 0.2) is 72.1 Å². The van der Waals surface area contributed by atoms with Crippen molar-refractivity contribution in [3.63, 3.8) is 0 Å². The minimum Gasteiger partial charge on any atom is -0.469 e. The van der Waals surface area contributed by atoms with Crippen LogP contribution in [0.1, 0.15) is 56.4 Å². The van der Waals surface area contributed by atoms with Gasteiger partial charge in [-0.2, -0.15) is 0 Å². The monoisotopic (exact) mass is 631 g/mol. The quantitative estimate of drug-likeness (QED) is 0.155. The maximum Gasteiger partial charge on any atom is 0.309 e. The van der Waals surface area contributed by atoms with E-state index in [2.05, 4.69) is 89.4 Å². The smallest absolute Gasteiger partial charge is 0.309 e. The Morgan fingerprint density at radius 1 is 1.17 bits per heavy atom. The van der Waals surface area contributed by atoms with Crippen LogP contribution in [-0.2, 0) is 28.9 Å². The summed E-state index contributed by atoms with van der Waals surface area (Å²) in [4.78, 5) is 21.8. The lowest BCUT2D eigenvalue weighted by Gasteiger charge is -2.44. The topological polar surface area (TPSA) is 84.2 Å². The molecule has 0 aromatic heterocycles. The molecule has 1 saturated heterocycles. The van der Waals surface area contributed by atoms with Gasteiger partial charge in [-0.05, 0) is 74.5 Å². The fourth-order valence-corrected chi connectivity index (χ4v) is 9.61. The van der Waals surface area contributed by atoms with Gasteiger partial charge >= 0.3 is 5.97 Å².